The molecule has 4 nitrogen and oxygen atoms in total. The Kier molecular flexibility index (Phi) is 3.14. The highest BCUT2D eigenvalue weighted by Crippen LogP contribution is 2.23. The van der Waals surface area contributed by atoms with Crippen LogP contribution >= 0.6 is 0 Å². The first-order valence-corrected chi connectivity index (χ1v) is 5.14. The molecule has 0 radical (unpaired) electrons. The molecule has 0 saturated carbocycles. The minimum Gasteiger partial charge on any atom is -0.389 e. The highest BCUT2D eigenvalue weighted by molar-refractivity contribution is 5.84. The number of fused-ring (bicyclic) bond motifs is 1. The summed E-state index contributed by atoms with van der Waals surface area (Å²) in [6.45, 7) is 0.00602. The zero-order valence-corrected chi connectivity index (χ0v) is 8.74. The van der Waals surface area contributed by atoms with Gasteiger partial charge < -0.3 is 15.9 Å². The summed E-state index contributed by atoms with van der Waals surface area (Å²) in [5.41, 5.74) is 5.79. The van der Waals surface area contributed by atoms with Crippen LogP contribution in [0.5, 0.6) is 0 Å². The van der Waals surface area contributed by atoms with Gasteiger partial charge in [-0.25, -0.2) is 0 Å². The van der Waals surface area contributed by atoms with Crippen LogP contribution in [0.25, 0.3) is 10.8 Å². The van der Waals surface area contributed by atoms with Crippen molar-refractivity contribution < 1.29 is 10.2 Å². The molecular formula is C12H14N2O2. The second-order valence-corrected chi connectivity index (χ2v) is 3.67. The first-order valence-electron chi connectivity index (χ1n) is 5.14. The van der Waals surface area contributed by atoms with Crippen molar-refractivity contribution in [1.29, 1.82) is 0 Å². The van der Waals surface area contributed by atoms with Gasteiger partial charge in [-0.1, -0.05) is 24.3 Å². The van der Waals surface area contributed by atoms with Gasteiger partial charge in [-0.15, -0.1) is 0 Å². The molecular weight excluding hydrogens is 204 g/mol. The molecule has 0 fully saturated rings. The summed E-state index contributed by atoms with van der Waals surface area (Å²) in [6.07, 6.45) is -0.418. The summed E-state index contributed by atoms with van der Waals surface area (Å²) in [4.78, 5) is 4.11. The van der Waals surface area contributed by atoms with E-state index in [4.69, 9.17) is 5.73 Å². The van der Waals surface area contributed by atoms with E-state index in [1.807, 2.05) is 30.3 Å². The molecule has 0 aliphatic heterocycles. The number of nitrogens with two attached hydrogens (primary N) is 1. The largest absolute Gasteiger partial charge is 0.389 e. The van der Waals surface area contributed by atoms with Crippen LogP contribution in [0.4, 0.5) is 0 Å². The van der Waals surface area contributed by atoms with E-state index in [-0.39, 0.29) is 6.54 Å². The topological polar surface area (TPSA) is 79.4 Å². The lowest BCUT2D eigenvalue weighted by atomic mass is 10.0. The molecule has 0 amide bonds. The third-order valence-corrected chi connectivity index (χ3v) is 2.59. The number of hydrogen-bond donors (Lipinski definition) is 3. The lowest BCUT2D eigenvalue weighted by molar-refractivity contribution is 0.0227. The summed E-state index contributed by atoms with van der Waals surface area (Å²) in [7, 11) is 0. The zero-order chi connectivity index (χ0) is 11.5. The first-order chi connectivity index (χ1) is 7.74. The van der Waals surface area contributed by atoms with Gasteiger partial charge in [0.15, 0.2) is 0 Å². The van der Waals surface area contributed by atoms with Crippen molar-refractivity contribution in [3.63, 3.8) is 0 Å². The maximum atomic E-state index is 9.89. The Bertz CT molecular complexity index is 482. The van der Waals surface area contributed by atoms with Crippen LogP contribution in [0.15, 0.2) is 36.5 Å². The number of pyridine rings is 1. The molecule has 4 N–H and O–H groups in total. The Morgan fingerprint density at radius 3 is 2.69 bits per heavy atom. The van der Waals surface area contributed by atoms with Crippen LogP contribution in [0.3, 0.4) is 0 Å². The Morgan fingerprint density at radius 2 is 1.94 bits per heavy atom. The van der Waals surface area contributed by atoms with Crippen molar-refractivity contribution >= 4 is 10.8 Å². The second kappa shape index (κ2) is 4.57. The van der Waals surface area contributed by atoms with Gasteiger partial charge >= 0.3 is 0 Å². The predicted octanol–water partition coefficient (Wildman–Crippen LogP) is 0.588. The summed E-state index contributed by atoms with van der Waals surface area (Å²) in [5, 5.41) is 21.2. The number of rotatable bonds is 3. The quantitative estimate of drug-likeness (QED) is 0.704. The van der Waals surface area contributed by atoms with Gasteiger partial charge in [0.25, 0.3) is 0 Å². The molecule has 0 bridgehead atoms. The Hall–Kier alpha value is -1.49. The van der Waals surface area contributed by atoms with Crippen molar-refractivity contribution in [2.45, 2.75) is 12.2 Å². The van der Waals surface area contributed by atoms with Gasteiger partial charge in [0.05, 0.1) is 11.8 Å². The monoisotopic (exact) mass is 218 g/mol. The number of benzene rings is 1. The molecule has 16 heavy (non-hydrogen) atoms. The van der Waals surface area contributed by atoms with E-state index in [1.54, 1.807) is 6.20 Å². The smallest absolute Gasteiger partial charge is 0.124 e. The van der Waals surface area contributed by atoms with Crippen molar-refractivity contribution in [2.75, 3.05) is 6.54 Å². The van der Waals surface area contributed by atoms with Crippen molar-refractivity contribution in [3.05, 3.63) is 42.2 Å². The Balaban J connectivity index is 2.52. The number of nitrogens with zero attached hydrogens (tertiary/aromatic N) is 1. The fourth-order valence-electron chi connectivity index (χ4n) is 1.69. The van der Waals surface area contributed by atoms with Crippen LogP contribution in [0.2, 0.25) is 0 Å². The van der Waals surface area contributed by atoms with E-state index >= 15 is 0 Å². The Morgan fingerprint density at radius 1 is 1.19 bits per heavy atom. The molecule has 2 atom stereocenters. The molecule has 2 aromatic rings. The fourth-order valence-corrected chi connectivity index (χ4v) is 1.69. The van der Waals surface area contributed by atoms with Gasteiger partial charge in [-0.05, 0) is 11.5 Å². The second-order valence-electron chi connectivity index (χ2n) is 3.67. The van der Waals surface area contributed by atoms with E-state index in [9.17, 15) is 10.2 Å². The predicted molar refractivity (Wildman–Crippen MR) is 61.8 cm³/mol. The number of hydrogen-bond acceptors (Lipinski definition) is 4. The van der Waals surface area contributed by atoms with E-state index in [2.05, 4.69) is 4.98 Å². The molecule has 84 valence electrons. The Labute approximate surface area is 93.4 Å². The van der Waals surface area contributed by atoms with Gasteiger partial charge in [0, 0.05) is 18.1 Å². The molecule has 0 saturated heterocycles. The average molecular weight is 218 g/mol. The van der Waals surface area contributed by atoms with Crippen LogP contribution in [0, 0.1) is 0 Å². The molecule has 4 heteroatoms. The summed E-state index contributed by atoms with van der Waals surface area (Å²) in [6, 6.07) is 9.44. The first kappa shape index (κ1) is 11.0. The molecule has 2 unspecified atom stereocenters. The molecule has 1 heterocycles. The molecule has 0 spiro atoms. The summed E-state index contributed by atoms with van der Waals surface area (Å²) in [5.74, 6) is 0. The van der Waals surface area contributed by atoms with Gasteiger partial charge in [-0.2, -0.15) is 0 Å². The third kappa shape index (κ3) is 1.90. The zero-order valence-electron chi connectivity index (χ0n) is 8.74. The van der Waals surface area contributed by atoms with Gasteiger partial charge in [-0.3, -0.25) is 4.98 Å². The van der Waals surface area contributed by atoms with E-state index in [0.717, 1.165) is 10.8 Å². The molecule has 2 rings (SSSR count). The number of aromatic nitrogens is 1. The molecule has 0 aliphatic carbocycles. The minimum atomic E-state index is -1.05. The molecule has 1 aromatic heterocycles. The van der Waals surface area contributed by atoms with Crippen LogP contribution in [-0.2, 0) is 0 Å². The van der Waals surface area contributed by atoms with Crippen LogP contribution in [-0.4, -0.2) is 27.8 Å². The lowest BCUT2D eigenvalue weighted by Crippen LogP contribution is -2.27. The van der Waals surface area contributed by atoms with E-state index in [1.165, 1.54) is 0 Å². The average Bonchev–Trinajstić information content (AvgIpc) is 2.36. The van der Waals surface area contributed by atoms with Crippen molar-refractivity contribution in [3.8, 4) is 0 Å². The fraction of sp³-hybridized carbons (Fsp3) is 0.250. The highest BCUT2D eigenvalue weighted by Gasteiger charge is 2.19. The third-order valence-electron chi connectivity index (χ3n) is 2.59. The molecule has 0 aliphatic rings. The van der Waals surface area contributed by atoms with Crippen molar-refractivity contribution in [1.82, 2.24) is 4.98 Å². The maximum absolute atomic E-state index is 9.89. The summed E-state index contributed by atoms with van der Waals surface area (Å²) < 4.78 is 0. The van der Waals surface area contributed by atoms with Crippen LogP contribution < -0.4 is 5.73 Å². The van der Waals surface area contributed by atoms with Gasteiger partial charge in [0.1, 0.15) is 6.10 Å². The SMILES string of the molecule is NCC(O)C(O)c1nccc2ccccc12. The lowest BCUT2D eigenvalue weighted by Gasteiger charge is -2.16. The highest BCUT2D eigenvalue weighted by atomic mass is 16.3. The number of aliphatic hydroxyl groups excluding tert-OH is 2. The van der Waals surface area contributed by atoms with E-state index in [0.29, 0.717) is 5.69 Å². The molecule has 1 aromatic carbocycles. The van der Waals surface area contributed by atoms with Gasteiger partial charge in [0.2, 0.25) is 0 Å². The van der Waals surface area contributed by atoms with Crippen molar-refractivity contribution in [2.24, 2.45) is 5.73 Å². The standard InChI is InChI=1S/C12H14N2O2/c13-7-10(15)12(16)11-9-4-2-1-3-8(9)5-6-14-11/h1-6,10,12,15-16H,7,13H2. The normalized spacial score (nSPS) is 14.9. The number of aliphatic hydroxyl groups is 2. The summed E-state index contributed by atoms with van der Waals surface area (Å²) >= 11 is 0. The van der Waals surface area contributed by atoms with E-state index < -0.39 is 12.2 Å². The maximum Gasteiger partial charge on any atom is 0.124 e. The van der Waals surface area contributed by atoms with Crippen LogP contribution in [0.1, 0.15) is 11.8 Å². The minimum absolute atomic E-state index is 0.00602.